The number of piperidine rings is 2. The van der Waals surface area contributed by atoms with Gasteiger partial charge in [-0.1, -0.05) is 22.5 Å². The molecule has 1 aromatic carbocycles. The van der Waals surface area contributed by atoms with Crippen LogP contribution in [-0.4, -0.2) is 66.1 Å². The third-order valence-electron chi connectivity index (χ3n) is 6.74. The molecule has 0 radical (unpaired) electrons. The number of alkyl halides is 1. The number of aryl methyl sites for hydroxylation is 1. The molecule has 3 aromatic rings. The molecule has 2 bridgehead atoms. The first-order chi connectivity index (χ1) is 15.3. The van der Waals surface area contributed by atoms with Crippen LogP contribution in [0.2, 0.25) is 0 Å². The zero-order chi connectivity index (χ0) is 22.6. The standard InChI is InChI=1S/C21H23FN6O3S/c1-21-7-6-12(9-28(21)3)15(16(21)22)31-20-26-25-18(32-20)13-5-4-11(8-14(13)29)17-23-10-27(2)19(30)24-17/h4-5,8,10,12,15-16,29H,6-7,9H2,1-3H3/t12?,15-,16+,21-/m1/s1. The van der Waals surface area contributed by atoms with E-state index in [-0.39, 0.29) is 22.7 Å². The summed E-state index contributed by atoms with van der Waals surface area (Å²) in [7, 11) is 3.52. The Balaban J connectivity index is 1.37. The fourth-order valence-corrected chi connectivity index (χ4v) is 5.32. The highest BCUT2D eigenvalue weighted by molar-refractivity contribution is 7.16. The van der Waals surface area contributed by atoms with Crippen LogP contribution >= 0.6 is 11.3 Å². The number of rotatable bonds is 4. The van der Waals surface area contributed by atoms with E-state index in [2.05, 4.69) is 25.1 Å². The van der Waals surface area contributed by atoms with Crippen molar-refractivity contribution in [3.05, 3.63) is 35.0 Å². The van der Waals surface area contributed by atoms with E-state index in [4.69, 9.17) is 4.74 Å². The van der Waals surface area contributed by atoms with E-state index in [0.29, 0.717) is 16.1 Å². The van der Waals surface area contributed by atoms with E-state index < -0.39 is 23.5 Å². The van der Waals surface area contributed by atoms with Crippen molar-refractivity contribution in [3.8, 4) is 32.9 Å². The van der Waals surface area contributed by atoms with Gasteiger partial charge >= 0.3 is 5.69 Å². The molecule has 3 aliphatic rings. The number of hydrogen-bond acceptors (Lipinski definition) is 9. The van der Waals surface area contributed by atoms with Crippen molar-refractivity contribution in [1.82, 2.24) is 29.6 Å². The zero-order valence-electron chi connectivity index (χ0n) is 17.9. The molecule has 1 aliphatic carbocycles. The summed E-state index contributed by atoms with van der Waals surface area (Å²) in [6.45, 7) is 2.74. The van der Waals surface area contributed by atoms with E-state index in [9.17, 15) is 9.90 Å². The quantitative estimate of drug-likeness (QED) is 0.635. The van der Waals surface area contributed by atoms with Crippen molar-refractivity contribution < 1.29 is 14.2 Å². The second-order valence-electron chi connectivity index (χ2n) is 8.70. The average molecular weight is 459 g/mol. The number of aromatic nitrogens is 5. The molecule has 2 saturated heterocycles. The number of nitrogens with zero attached hydrogens (tertiary/aromatic N) is 6. The second kappa shape index (κ2) is 7.59. The summed E-state index contributed by atoms with van der Waals surface area (Å²) in [5.74, 6) is 0.273. The molecule has 1 N–H and O–H groups in total. The van der Waals surface area contributed by atoms with E-state index in [1.165, 1.54) is 17.0 Å². The highest BCUT2D eigenvalue weighted by atomic mass is 32.1. The molecule has 3 fully saturated rings. The molecule has 11 heteroatoms. The van der Waals surface area contributed by atoms with Crippen molar-refractivity contribution in [2.45, 2.75) is 37.6 Å². The highest BCUT2D eigenvalue weighted by Crippen LogP contribution is 2.46. The van der Waals surface area contributed by atoms with E-state index in [1.54, 1.807) is 19.2 Å². The van der Waals surface area contributed by atoms with Crippen molar-refractivity contribution in [2.24, 2.45) is 13.0 Å². The van der Waals surface area contributed by atoms with E-state index in [0.717, 1.165) is 30.7 Å². The molecule has 6 rings (SSSR count). The summed E-state index contributed by atoms with van der Waals surface area (Å²) < 4.78 is 22.5. The van der Waals surface area contributed by atoms with Gasteiger partial charge < -0.3 is 9.84 Å². The Morgan fingerprint density at radius 2 is 2.12 bits per heavy atom. The monoisotopic (exact) mass is 458 g/mol. The summed E-state index contributed by atoms with van der Waals surface area (Å²) in [4.78, 5) is 21.8. The lowest BCUT2D eigenvalue weighted by molar-refractivity contribution is -0.135. The maximum Gasteiger partial charge on any atom is 0.350 e. The Kier molecular flexibility index (Phi) is 4.97. The Hall–Kier alpha value is -2.92. The molecular weight excluding hydrogens is 435 g/mol. The van der Waals surface area contributed by atoms with Crippen molar-refractivity contribution in [3.63, 3.8) is 0 Å². The minimum Gasteiger partial charge on any atom is -0.507 e. The van der Waals surface area contributed by atoms with Crippen molar-refractivity contribution in [2.75, 3.05) is 13.6 Å². The first-order valence-corrected chi connectivity index (χ1v) is 11.2. The van der Waals surface area contributed by atoms with Crippen molar-refractivity contribution in [1.29, 1.82) is 0 Å². The van der Waals surface area contributed by atoms with Crippen LogP contribution in [0.4, 0.5) is 4.39 Å². The lowest BCUT2D eigenvalue weighted by Crippen LogP contribution is -2.68. The second-order valence-corrected chi connectivity index (χ2v) is 9.64. The third kappa shape index (κ3) is 3.36. The van der Waals surface area contributed by atoms with Gasteiger partial charge in [0.1, 0.15) is 18.2 Å². The summed E-state index contributed by atoms with van der Waals surface area (Å²) in [5, 5.41) is 19.5. The van der Waals surface area contributed by atoms with Gasteiger partial charge in [0.05, 0.1) is 11.1 Å². The van der Waals surface area contributed by atoms with E-state index >= 15 is 4.39 Å². The largest absolute Gasteiger partial charge is 0.507 e. The van der Waals surface area contributed by atoms with Crippen LogP contribution in [0.15, 0.2) is 29.3 Å². The van der Waals surface area contributed by atoms with E-state index in [1.807, 2.05) is 14.0 Å². The Morgan fingerprint density at radius 1 is 1.31 bits per heavy atom. The van der Waals surface area contributed by atoms with Gasteiger partial charge in [-0.3, -0.25) is 9.47 Å². The van der Waals surface area contributed by atoms with Gasteiger partial charge in [-0.25, -0.2) is 14.2 Å². The van der Waals surface area contributed by atoms with Gasteiger partial charge in [-0.2, -0.15) is 4.98 Å². The van der Waals surface area contributed by atoms with Crippen LogP contribution < -0.4 is 10.4 Å². The number of ether oxygens (including phenoxy) is 1. The highest BCUT2D eigenvalue weighted by Gasteiger charge is 2.56. The van der Waals surface area contributed by atoms with Crippen LogP contribution in [0.3, 0.4) is 0 Å². The molecule has 0 spiro atoms. The first-order valence-electron chi connectivity index (χ1n) is 10.3. The normalized spacial score (nSPS) is 27.6. The Morgan fingerprint density at radius 3 is 2.84 bits per heavy atom. The first kappa shape index (κ1) is 21.0. The molecule has 168 valence electrons. The summed E-state index contributed by atoms with van der Waals surface area (Å²) in [6, 6.07) is 4.83. The SMILES string of the molecule is CN1CC2CC[C@]1(C)[C@@H](F)[C@@H]2Oc1nnc(-c2ccc(-c3ncn(C)c(=O)n3)cc2O)s1. The van der Waals surface area contributed by atoms with Gasteiger partial charge in [0.15, 0.2) is 17.0 Å². The van der Waals surface area contributed by atoms with Crippen LogP contribution in [0, 0.1) is 5.92 Å². The third-order valence-corrected chi connectivity index (χ3v) is 7.58. The average Bonchev–Trinajstić information content (AvgIpc) is 3.22. The maximum absolute atomic E-state index is 15.2. The number of hydrogen-bond donors (Lipinski definition) is 1. The maximum atomic E-state index is 15.2. The van der Waals surface area contributed by atoms with Crippen LogP contribution in [-0.2, 0) is 7.05 Å². The Bertz CT molecular complexity index is 1230. The minimum atomic E-state index is -1.11. The minimum absolute atomic E-state index is 0.0521. The van der Waals surface area contributed by atoms with Gasteiger partial charge in [0.25, 0.3) is 5.19 Å². The fraction of sp³-hybridized carbons (Fsp3) is 0.476. The molecule has 4 atom stereocenters. The number of phenolic OH excluding ortho intramolecular Hbond substituents is 1. The fourth-order valence-electron chi connectivity index (χ4n) is 4.55. The predicted molar refractivity (Wildman–Crippen MR) is 116 cm³/mol. The molecule has 1 unspecified atom stereocenters. The van der Waals surface area contributed by atoms with Crippen LogP contribution in [0.25, 0.3) is 22.0 Å². The molecule has 32 heavy (non-hydrogen) atoms. The molecular formula is C21H23FN6O3S. The number of benzene rings is 1. The number of halogens is 1. The summed E-state index contributed by atoms with van der Waals surface area (Å²) in [6.07, 6.45) is 1.44. The molecule has 0 amide bonds. The van der Waals surface area contributed by atoms with Gasteiger partial charge in [0, 0.05) is 25.1 Å². The lowest BCUT2D eigenvalue weighted by Gasteiger charge is -2.56. The lowest BCUT2D eigenvalue weighted by atomic mass is 9.68. The number of phenols is 1. The van der Waals surface area contributed by atoms with Crippen LogP contribution in [0.1, 0.15) is 19.8 Å². The number of fused-ring (bicyclic) bond motifs is 3. The van der Waals surface area contributed by atoms with Gasteiger partial charge in [-0.15, -0.1) is 5.10 Å². The number of aromatic hydroxyl groups is 1. The zero-order valence-corrected chi connectivity index (χ0v) is 18.7. The molecule has 2 aromatic heterocycles. The molecule has 4 heterocycles. The van der Waals surface area contributed by atoms with Crippen LogP contribution in [0.5, 0.6) is 10.9 Å². The Labute approximate surface area is 187 Å². The molecule has 1 saturated carbocycles. The smallest absolute Gasteiger partial charge is 0.350 e. The van der Waals surface area contributed by atoms with Gasteiger partial charge in [-0.05, 0) is 38.9 Å². The topological polar surface area (TPSA) is 106 Å². The van der Waals surface area contributed by atoms with Gasteiger partial charge in [0.2, 0.25) is 0 Å². The predicted octanol–water partition coefficient (Wildman–Crippen LogP) is 2.27. The molecule has 9 nitrogen and oxygen atoms in total. The summed E-state index contributed by atoms with van der Waals surface area (Å²) >= 11 is 1.16. The molecule has 2 aliphatic heterocycles. The van der Waals surface area contributed by atoms with Crippen molar-refractivity contribution >= 4 is 11.3 Å². The summed E-state index contributed by atoms with van der Waals surface area (Å²) in [5.41, 5.74) is -0.00633.